The second kappa shape index (κ2) is 23.1. The number of nitrogens with one attached hydrogen (secondary N) is 1. The normalized spacial score (nSPS) is 13.4. The van der Waals surface area contributed by atoms with Crippen LogP contribution in [-0.4, -0.2) is 18.7 Å². The highest BCUT2D eigenvalue weighted by Crippen LogP contribution is 2.57. The van der Waals surface area contributed by atoms with Crippen molar-refractivity contribution in [1.29, 1.82) is 0 Å². The smallest absolute Gasteiger partial charge is 0.0588 e. The standard InChI is InChI=1S/C51H34N2.C33H23N.C18H12BrN/c1-51(2)45-30-42-36-19-9-7-17-34(36)33-16-6-8-18-35(33)41(42)29-43(45)39-25-26-40-37-20-10-13-23-47(37)53(50(40)49(39)51)32-24-27-48-44(28-32)38-21-11-12-22-46(38)52(48)31-14-4-3-5-15-31;1-33(2)29-18-27-22-12-6-4-10-20(22)19-9-3-5-11-21(19)26(27)17-28(29)24-15-16-25-23-13-7-8-14-30(23)34-32(25)31(24)33;19-13-10-11-18-16(12-13)15-8-4-5-9-17(15)20(18)14-6-2-1-3-7-14/h3-30H,1-2H3;3-18,34H,1-2H3;1-12H. The number of hydrogen-bond acceptors (Lipinski definition) is 0. The Morgan fingerprint density at radius 2 is 0.589 bits per heavy atom. The van der Waals surface area contributed by atoms with Gasteiger partial charge in [0, 0.05) is 81.0 Å². The lowest BCUT2D eigenvalue weighted by Crippen LogP contribution is -2.16. The maximum Gasteiger partial charge on any atom is 0.0588 e. The summed E-state index contributed by atoms with van der Waals surface area (Å²) in [4.78, 5) is 3.77. The van der Waals surface area contributed by atoms with E-state index in [-0.39, 0.29) is 10.8 Å². The van der Waals surface area contributed by atoms with E-state index >= 15 is 0 Å². The number of hydrogen-bond donors (Lipinski definition) is 1. The molecule has 504 valence electrons. The van der Waals surface area contributed by atoms with Gasteiger partial charge >= 0.3 is 0 Å². The van der Waals surface area contributed by atoms with Gasteiger partial charge in [0.25, 0.3) is 0 Å². The summed E-state index contributed by atoms with van der Waals surface area (Å²) < 4.78 is 8.38. The lowest BCUT2D eigenvalue weighted by atomic mass is 9.80. The molecule has 2 aliphatic carbocycles. The van der Waals surface area contributed by atoms with Crippen molar-refractivity contribution in [2.24, 2.45) is 0 Å². The van der Waals surface area contributed by atoms with Crippen molar-refractivity contribution in [3.05, 3.63) is 366 Å². The van der Waals surface area contributed by atoms with Gasteiger partial charge in [-0.1, -0.05) is 274 Å². The molecule has 107 heavy (non-hydrogen) atoms. The Kier molecular flexibility index (Phi) is 13.3. The summed E-state index contributed by atoms with van der Waals surface area (Å²) in [6.07, 6.45) is 0. The van der Waals surface area contributed by atoms with Crippen LogP contribution in [0.2, 0.25) is 0 Å². The number of benzene rings is 18. The summed E-state index contributed by atoms with van der Waals surface area (Å²) in [5.74, 6) is 0. The van der Waals surface area contributed by atoms with Crippen molar-refractivity contribution >= 4 is 168 Å². The second-order valence-corrected chi connectivity index (χ2v) is 31.3. The van der Waals surface area contributed by atoms with Gasteiger partial charge in [0.1, 0.15) is 0 Å². The van der Waals surface area contributed by atoms with E-state index in [0.29, 0.717) is 0 Å². The van der Waals surface area contributed by atoms with E-state index in [4.69, 9.17) is 0 Å². The Balaban J connectivity index is 0.000000112. The predicted octanol–water partition coefficient (Wildman–Crippen LogP) is 28.3. The molecule has 18 aromatic carbocycles. The van der Waals surface area contributed by atoms with Gasteiger partial charge in [0.15, 0.2) is 0 Å². The Morgan fingerprint density at radius 1 is 0.234 bits per heavy atom. The van der Waals surface area contributed by atoms with Crippen molar-refractivity contribution in [3.63, 3.8) is 0 Å². The molecule has 4 aromatic heterocycles. The Hall–Kier alpha value is -12.8. The molecule has 4 nitrogen and oxygen atoms in total. The summed E-state index contributed by atoms with van der Waals surface area (Å²) >= 11 is 3.57. The molecular formula is C102H69BrN4. The number of H-pyrrole nitrogens is 1. The molecule has 1 N–H and O–H groups in total. The molecular weight excluding hydrogens is 1360 g/mol. The van der Waals surface area contributed by atoms with Crippen LogP contribution in [0.3, 0.4) is 0 Å². The van der Waals surface area contributed by atoms with Gasteiger partial charge in [-0.3, -0.25) is 0 Å². The van der Waals surface area contributed by atoms with E-state index in [1.165, 1.54) is 213 Å². The van der Waals surface area contributed by atoms with Gasteiger partial charge in [0.2, 0.25) is 0 Å². The van der Waals surface area contributed by atoms with E-state index in [1.807, 2.05) is 6.07 Å². The zero-order valence-electron chi connectivity index (χ0n) is 59.6. The van der Waals surface area contributed by atoms with Crippen LogP contribution in [0.25, 0.3) is 191 Å². The van der Waals surface area contributed by atoms with Crippen LogP contribution in [0.5, 0.6) is 0 Å². The monoisotopic (exact) mass is 1430 g/mol. The minimum absolute atomic E-state index is 0.0913. The summed E-state index contributed by atoms with van der Waals surface area (Å²) in [6.45, 7) is 9.64. The summed E-state index contributed by atoms with van der Waals surface area (Å²) in [5, 5.41) is 26.2. The molecule has 0 radical (unpaired) electrons. The molecule has 22 aromatic rings. The molecule has 0 amide bonds. The van der Waals surface area contributed by atoms with Gasteiger partial charge in [-0.2, -0.15) is 0 Å². The summed E-state index contributed by atoms with van der Waals surface area (Å²) in [7, 11) is 0. The van der Waals surface area contributed by atoms with Crippen LogP contribution in [0.4, 0.5) is 0 Å². The Labute approximate surface area is 626 Å². The molecule has 24 rings (SSSR count). The first-order valence-corrected chi connectivity index (χ1v) is 38.0. The van der Waals surface area contributed by atoms with Crippen LogP contribution in [0.15, 0.2) is 344 Å². The first-order valence-electron chi connectivity index (χ1n) is 37.2. The number of rotatable bonds is 3. The van der Waals surface area contributed by atoms with Gasteiger partial charge in [-0.25, -0.2) is 0 Å². The fraction of sp³-hybridized carbons (Fsp3) is 0.0588. The molecule has 0 fully saturated rings. The van der Waals surface area contributed by atoms with Gasteiger partial charge in [-0.15, -0.1) is 0 Å². The predicted molar refractivity (Wildman–Crippen MR) is 460 cm³/mol. The zero-order valence-corrected chi connectivity index (χ0v) is 61.1. The number of halogens is 1. The van der Waals surface area contributed by atoms with Crippen molar-refractivity contribution in [3.8, 4) is 39.3 Å². The third-order valence-electron chi connectivity index (χ3n) is 24.0. The van der Waals surface area contributed by atoms with E-state index in [0.717, 1.165) is 4.47 Å². The third kappa shape index (κ3) is 8.90. The van der Waals surface area contributed by atoms with Gasteiger partial charge < -0.3 is 18.7 Å². The second-order valence-electron chi connectivity index (χ2n) is 30.4. The number of para-hydroxylation sites is 6. The van der Waals surface area contributed by atoms with Crippen LogP contribution in [0, 0.1) is 0 Å². The summed E-state index contributed by atoms with van der Waals surface area (Å²) in [6, 6.07) is 125. The minimum Gasteiger partial charge on any atom is -0.354 e. The lowest BCUT2D eigenvalue weighted by molar-refractivity contribution is 0.664. The zero-order chi connectivity index (χ0) is 71.1. The molecule has 0 bridgehead atoms. The van der Waals surface area contributed by atoms with E-state index in [9.17, 15) is 0 Å². The van der Waals surface area contributed by atoms with Crippen molar-refractivity contribution in [1.82, 2.24) is 18.7 Å². The average molecular weight is 1430 g/mol. The highest BCUT2D eigenvalue weighted by atomic mass is 79.9. The largest absolute Gasteiger partial charge is 0.354 e. The molecule has 0 atom stereocenters. The SMILES string of the molecule is Brc1ccc2c(c1)c1ccccc1n2-c1ccccc1.CC1(C)c2cc3c4ccccc4c4ccccc4c3cc2-c2ccc3c([nH]c4ccccc43)c21.CC1(C)c2cc3c4ccccc4c4ccccc4c3cc2-c2ccc3c4ccccc4n(-c4ccc5c(c4)c4ccccc4n5-c4ccccc4)c3c21. The van der Waals surface area contributed by atoms with Crippen LogP contribution in [-0.2, 0) is 10.8 Å². The van der Waals surface area contributed by atoms with E-state index < -0.39 is 0 Å². The lowest BCUT2D eigenvalue weighted by Gasteiger charge is -2.24. The number of fused-ring (bicyclic) bond motifs is 32. The number of nitrogens with zero attached hydrogens (tertiary/aromatic N) is 3. The minimum atomic E-state index is -0.231. The van der Waals surface area contributed by atoms with Crippen LogP contribution >= 0.6 is 15.9 Å². The average Bonchev–Trinajstić information content (AvgIpc) is 1.53. The molecule has 0 unspecified atom stereocenters. The molecule has 0 saturated carbocycles. The quantitative estimate of drug-likeness (QED) is 0.171. The molecule has 4 heterocycles. The molecule has 2 aliphatic rings. The first kappa shape index (κ1) is 61.7. The molecule has 5 heteroatoms. The molecule has 0 spiro atoms. The van der Waals surface area contributed by atoms with Gasteiger partial charge in [-0.05, 0) is 218 Å². The van der Waals surface area contributed by atoms with Crippen molar-refractivity contribution in [2.45, 2.75) is 38.5 Å². The van der Waals surface area contributed by atoms with Crippen molar-refractivity contribution in [2.75, 3.05) is 0 Å². The Morgan fingerprint density at radius 3 is 1.08 bits per heavy atom. The fourth-order valence-corrected chi connectivity index (χ4v) is 19.7. The van der Waals surface area contributed by atoms with Crippen LogP contribution in [0.1, 0.15) is 49.9 Å². The van der Waals surface area contributed by atoms with Gasteiger partial charge in [0.05, 0.1) is 38.6 Å². The number of aromatic nitrogens is 4. The molecule has 0 saturated heterocycles. The first-order chi connectivity index (χ1) is 52.5. The third-order valence-corrected chi connectivity index (χ3v) is 24.5. The fourth-order valence-electron chi connectivity index (χ4n) is 19.4. The highest BCUT2D eigenvalue weighted by molar-refractivity contribution is 9.10. The topological polar surface area (TPSA) is 30.6 Å². The van der Waals surface area contributed by atoms with Crippen molar-refractivity contribution < 1.29 is 0 Å². The van der Waals surface area contributed by atoms with Crippen LogP contribution < -0.4 is 0 Å². The number of aromatic amines is 1. The molecule has 0 aliphatic heterocycles. The van der Waals surface area contributed by atoms with E-state index in [1.54, 1.807) is 0 Å². The maximum absolute atomic E-state index is 3.77. The summed E-state index contributed by atoms with van der Waals surface area (Å²) in [5.41, 5.74) is 24.2. The van der Waals surface area contributed by atoms with E-state index in [2.05, 4.69) is 396 Å². The highest BCUT2D eigenvalue weighted by Gasteiger charge is 2.41. The Bertz CT molecular complexity index is 7570. The maximum atomic E-state index is 3.77.